The number of rotatable bonds is 12. The van der Waals surface area contributed by atoms with Crippen molar-refractivity contribution in [3.8, 4) is 5.82 Å². The number of carbonyl (C=O) groups excluding carboxylic acids is 2. The van der Waals surface area contributed by atoms with Gasteiger partial charge in [0.1, 0.15) is 11.0 Å². The molecule has 4 N–H and O–H groups in total. The molecule has 59 heavy (non-hydrogen) atoms. The maximum atomic E-state index is 13.5. The Morgan fingerprint density at radius 3 is 2.39 bits per heavy atom. The minimum Gasteiger partial charge on any atom is -0.384 e. The van der Waals surface area contributed by atoms with Crippen molar-refractivity contribution in [2.24, 2.45) is 5.41 Å². The lowest BCUT2D eigenvalue weighted by molar-refractivity contribution is -0.134. The van der Waals surface area contributed by atoms with Crippen LogP contribution in [-0.4, -0.2) is 84.4 Å². The van der Waals surface area contributed by atoms with Crippen LogP contribution in [0.15, 0.2) is 84.3 Å². The molecule has 2 aliphatic heterocycles. The monoisotopic (exact) mass is 794 g/mol. The number of benzene rings is 2. The molecule has 2 aromatic carbocycles. The van der Waals surface area contributed by atoms with Crippen molar-refractivity contribution in [2.45, 2.75) is 81.9 Å². The Hall–Kier alpha value is -5.86. The number of pyridine rings is 1. The Morgan fingerprint density at radius 2 is 1.68 bits per heavy atom. The summed E-state index contributed by atoms with van der Waals surface area (Å²) in [6.45, 7) is 11.2. The van der Waals surface area contributed by atoms with Crippen LogP contribution in [0.25, 0.3) is 16.9 Å². The van der Waals surface area contributed by atoms with Crippen LogP contribution >= 0.6 is 0 Å². The number of fused-ring (bicyclic) bond motifs is 2. The molecule has 5 heterocycles. The highest BCUT2D eigenvalue weighted by Gasteiger charge is 2.68. The summed E-state index contributed by atoms with van der Waals surface area (Å²) in [4.78, 5) is 56.6. The molecule has 304 valence electrons. The summed E-state index contributed by atoms with van der Waals surface area (Å²) in [5.41, 5.74) is 5.56. The van der Waals surface area contributed by atoms with Gasteiger partial charge in [-0.15, -0.1) is 6.58 Å². The van der Waals surface area contributed by atoms with Crippen LogP contribution < -0.4 is 26.4 Å². The number of piperidine rings is 1. The van der Waals surface area contributed by atoms with E-state index >= 15 is 0 Å². The molecule has 1 unspecified atom stereocenters. The van der Waals surface area contributed by atoms with Crippen LogP contribution in [0.4, 0.5) is 23.0 Å². The maximum Gasteiger partial charge on any atom is 0.278 e. The second-order valence-electron chi connectivity index (χ2n) is 17.5. The van der Waals surface area contributed by atoms with Crippen LogP contribution in [0.1, 0.15) is 74.6 Å². The highest BCUT2D eigenvalue weighted by Crippen LogP contribution is 2.68. The van der Waals surface area contributed by atoms with Crippen LogP contribution in [0.2, 0.25) is 0 Å². The molecule has 11 rings (SSSR count). The largest absolute Gasteiger partial charge is 0.384 e. The van der Waals surface area contributed by atoms with Crippen molar-refractivity contribution in [1.29, 1.82) is 0 Å². The van der Waals surface area contributed by atoms with Crippen molar-refractivity contribution in [3.05, 3.63) is 107 Å². The van der Waals surface area contributed by atoms with Gasteiger partial charge in [0.15, 0.2) is 11.5 Å². The van der Waals surface area contributed by atoms with Gasteiger partial charge >= 0.3 is 0 Å². The third-order valence-electron chi connectivity index (χ3n) is 13.5. The average Bonchev–Trinajstić information content (AvgIpc) is 3.70. The summed E-state index contributed by atoms with van der Waals surface area (Å²) >= 11 is 0. The lowest BCUT2D eigenvalue weighted by Gasteiger charge is -2.72. The van der Waals surface area contributed by atoms with Crippen molar-refractivity contribution < 1.29 is 14.7 Å². The second kappa shape index (κ2) is 14.2. The van der Waals surface area contributed by atoms with E-state index in [0.29, 0.717) is 59.6 Å². The number of imide groups is 1. The number of carbonyl (C=O) groups is 2. The summed E-state index contributed by atoms with van der Waals surface area (Å²) in [6.07, 6.45) is 9.70. The van der Waals surface area contributed by atoms with Gasteiger partial charge in [-0.25, -0.2) is 19.3 Å². The molecular formula is C45H50N10O4. The zero-order valence-corrected chi connectivity index (χ0v) is 33.4. The van der Waals surface area contributed by atoms with Crippen molar-refractivity contribution in [1.82, 2.24) is 34.5 Å². The summed E-state index contributed by atoms with van der Waals surface area (Å²) in [6, 6.07) is 20.4. The van der Waals surface area contributed by atoms with E-state index in [0.717, 1.165) is 61.6 Å². The van der Waals surface area contributed by atoms with E-state index in [1.807, 2.05) is 43.3 Å². The summed E-state index contributed by atoms with van der Waals surface area (Å²) in [5.74, 6) is 0.245. The number of aromatic nitrogens is 5. The number of hydrogen-bond acceptors (Lipinski definition) is 11. The second-order valence-corrected chi connectivity index (χ2v) is 17.5. The van der Waals surface area contributed by atoms with Gasteiger partial charge in [-0.3, -0.25) is 24.6 Å². The Kier molecular flexibility index (Phi) is 8.98. The molecule has 2 atom stereocenters. The SMILES string of the molecule is C=CCn1c(=O)c2cnc(Nc3ccc(N4CCN(CC56CC(Nc7ccc(C8CCC(=O)NC8=O)cc7)(C5)C6)CC4)cc3)nc2n1-c1ccc2c(n1)[C@@](O)(CC)CC2. The third kappa shape index (κ3) is 6.58. The zero-order valence-electron chi connectivity index (χ0n) is 33.4. The Bertz CT molecular complexity index is 2520. The van der Waals surface area contributed by atoms with Crippen molar-refractivity contribution in [2.75, 3.05) is 48.3 Å². The first-order valence-corrected chi connectivity index (χ1v) is 20.9. The fraction of sp³-hybridized carbons (Fsp3) is 0.422. The van der Waals surface area contributed by atoms with Gasteiger partial charge in [-0.1, -0.05) is 31.2 Å². The number of piperazine rings is 1. The number of nitrogens with one attached hydrogen (secondary N) is 3. The molecule has 0 spiro atoms. The lowest BCUT2D eigenvalue weighted by atomic mass is 9.39. The van der Waals surface area contributed by atoms with E-state index in [1.54, 1.807) is 21.6 Å². The zero-order chi connectivity index (χ0) is 40.5. The molecule has 5 aromatic rings. The molecule has 2 amide bonds. The standard InChI is InChI=1S/C45H50N10O4/c1-3-19-54-41(58)35-24-46-42(50-39(35)55(54)36-15-7-30-17-18-45(59,4-2)38(30)48-36)47-31-10-12-33(13-11-31)53-22-20-52(21-23-53)28-43-25-44(26-43,27-43)51-32-8-5-29(6-9-32)34-14-16-37(56)49-40(34)57/h3,5-13,15,24,34,51,59H,1,4,14,16-23,25-28H2,2H3,(H,46,47,50)(H,49,56,57)/t34?,43?,44?,45-/m1/s1. The van der Waals surface area contributed by atoms with Gasteiger partial charge < -0.3 is 20.6 Å². The Labute approximate surface area is 342 Å². The van der Waals surface area contributed by atoms with E-state index < -0.39 is 5.60 Å². The quantitative estimate of drug-likeness (QED) is 0.0980. The van der Waals surface area contributed by atoms with Gasteiger partial charge in [0.25, 0.3) is 5.56 Å². The molecule has 5 fully saturated rings. The molecule has 14 nitrogen and oxygen atoms in total. The molecule has 14 heteroatoms. The molecule has 2 saturated heterocycles. The summed E-state index contributed by atoms with van der Waals surface area (Å²) in [5, 5.41) is 21.2. The number of aryl methyl sites for hydroxylation is 1. The van der Waals surface area contributed by atoms with E-state index in [1.165, 1.54) is 24.9 Å². The predicted octanol–water partition coefficient (Wildman–Crippen LogP) is 5.13. The van der Waals surface area contributed by atoms with Gasteiger partial charge in [-0.2, -0.15) is 4.98 Å². The molecule has 6 aliphatic rings. The van der Waals surface area contributed by atoms with Crippen LogP contribution in [0.5, 0.6) is 0 Å². The van der Waals surface area contributed by atoms with E-state index in [2.05, 4.69) is 61.6 Å². The van der Waals surface area contributed by atoms with E-state index in [9.17, 15) is 19.5 Å². The molecule has 2 bridgehead atoms. The molecular weight excluding hydrogens is 745 g/mol. The summed E-state index contributed by atoms with van der Waals surface area (Å²) < 4.78 is 3.26. The molecule has 4 aliphatic carbocycles. The topological polar surface area (TPSA) is 163 Å². The number of allylic oxidation sites excluding steroid dienone is 1. The Morgan fingerprint density at radius 1 is 0.932 bits per heavy atom. The highest BCUT2D eigenvalue weighted by atomic mass is 16.3. The van der Waals surface area contributed by atoms with Gasteiger partial charge in [0.05, 0.1) is 18.2 Å². The maximum absolute atomic E-state index is 13.5. The fourth-order valence-electron chi connectivity index (χ4n) is 10.6. The Balaban J connectivity index is 0.745. The van der Waals surface area contributed by atoms with Gasteiger partial charge in [0.2, 0.25) is 17.8 Å². The number of hydrogen-bond donors (Lipinski definition) is 4. The minimum absolute atomic E-state index is 0.184. The third-order valence-corrected chi connectivity index (χ3v) is 13.5. The van der Waals surface area contributed by atoms with Crippen LogP contribution in [0.3, 0.4) is 0 Å². The summed E-state index contributed by atoms with van der Waals surface area (Å²) in [7, 11) is 0. The van der Waals surface area contributed by atoms with Gasteiger partial charge in [-0.05, 0) is 104 Å². The molecule has 3 saturated carbocycles. The highest BCUT2D eigenvalue weighted by molar-refractivity contribution is 6.01. The smallest absolute Gasteiger partial charge is 0.278 e. The first-order valence-electron chi connectivity index (χ1n) is 20.9. The number of amides is 2. The lowest BCUT2D eigenvalue weighted by Crippen LogP contribution is -2.74. The first-order chi connectivity index (χ1) is 28.6. The minimum atomic E-state index is -0.988. The van der Waals surface area contributed by atoms with E-state index in [4.69, 9.17) is 9.97 Å². The van der Waals surface area contributed by atoms with Crippen molar-refractivity contribution >= 4 is 45.9 Å². The molecule has 0 radical (unpaired) electrons. The normalized spacial score (nSPS) is 26.2. The molecule has 3 aromatic heterocycles. The van der Waals surface area contributed by atoms with Gasteiger partial charge in [0, 0.05) is 67.9 Å². The van der Waals surface area contributed by atoms with E-state index in [-0.39, 0.29) is 35.4 Å². The van der Waals surface area contributed by atoms with Crippen molar-refractivity contribution in [3.63, 3.8) is 0 Å². The first kappa shape index (κ1) is 37.4. The number of nitrogens with zero attached hydrogens (tertiary/aromatic N) is 7. The van der Waals surface area contributed by atoms with Crippen LogP contribution in [0, 0.1) is 5.41 Å². The predicted molar refractivity (Wildman–Crippen MR) is 226 cm³/mol. The number of aliphatic hydroxyl groups is 1. The average molecular weight is 795 g/mol. The fourth-order valence-corrected chi connectivity index (χ4v) is 10.6. The number of anilines is 4. The van der Waals surface area contributed by atoms with Crippen LogP contribution in [-0.2, 0) is 28.2 Å².